The van der Waals surface area contributed by atoms with Crippen LogP contribution in [0.1, 0.15) is 20.8 Å². The molecular formula is C23H16ClN3O3. The van der Waals surface area contributed by atoms with Gasteiger partial charge in [0.1, 0.15) is 11.4 Å². The topological polar surface area (TPSA) is 74.4 Å². The van der Waals surface area contributed by atoms with Gasteiger partial charge in [0.15, 0.2) is 5.75 Å². The number of rotatable bonds is 2. The lowest BCUT2D eigenvalue weighted by Crippen LogP contribution is -2.25. The molecule has 3 aromatic carbocycles. The Morgan fingerprint density at radius 1 is 1.03 bits per heavy atom. The van der Waals surface area contributed by atoms with Gasteiger partial charge in [-0.15, -0.1) is 0 Å². The van der Waals surface area contributed by atoms with E-state index in [1.54, 1.807) is 61.6 Å². The average Bonchev–Trinajstić information content (AvgIpc) is 3.13. The molecule has 0 aliphatic carbocycles. The average molecular weight is 418 g/mol. The van der Waals surface area contributed by atoms with E-state index in [0.29, 0.717) is 39.2 Å². The first kappa shape index (κ1) is 18.3. The van der Waals surface area contributed by atoms with E-state index < -0.39 is 0 Å². The lowest BCUT2D eigenvalue weighted by atomic mass is 10.2. The number of nitrogens with one attached hydrogen (secondary N) is 2. The van der Waals surface area contributed by atoms with Crippen LogP contribution in [-0.2, 0) is 0 Å². The summed E-state index contributed by atoms with van der Waals surface area (Å²) in [6.45, 7) is 0. The zero-order chi connectivity index (χ0) is 20.8. The number of hydrogen-bond acceptors (Lipinski definition) is 3. The largest absolute Gasteiger partial charge is 0.454 e. The molecule has 0 bridgehead atoms. The molecule has 0 atom stereocenters. The highest BCUT2D eigenvalue weighted by molar-refractivity contribution is 6.31. The second-order valence-corrected chi connectivity index (χ2v) is 7.45. The van der Waals surface area contributed by atoms with E-state index in [0.717, 1.165) is 10.9 Å². The Kier molecular flexibility index (Phi) is 4.22. The molecule has 1 aliphatic heterocycles. The molecule has 6 nitrogen and oxygen atoms in total. The minimum atomic E-state index is -0.291. The van der Waals surface area contributed by atoms with Crippen LogP contribution in [0.2, 0.25) is 5.02 Å². The van der Waals surface area contributed by atoms with Crippen molar-refractivity contribution in [3.63, 3.8) is 0 Å². The summed E-state index contributed by atoms with van der Waals surface area (Å²) in [5, 5.41) is 4.33. The standard InChI is InChI=1S/C23H16ClN3O3/c1-27-19-9-7-15(12-21(19)30-20-5-3-2-4-16(20)23(27)29)25-22(28)18-11-13-10-14(24)6-8-17(13)26-18/h2-12,26H,1H3,(H,25,28). The van der Waals surface area contributed by atoms with E-state index >= 15 is 0 Å². The maximum Gasteiger partial charge on any atom is 0.272 e. The van der Waals surface area contributed by atoms with Gasteiger partial charge in [-0.1, -0.05) is 23.7 Å². The van der Waals surface area contributed by atoms with Gasteiger partial charge in [-0.2, -0.15) is 0 Å². The second kappa shape index (κ2) is 6.93. The van der Waals surface area contributed by atoms with Gasteiger partial charge in [0, 0.05) is 34.7 Å². The molecule has 148 valence electrons. The smallest absolute Gasteiger partial charge is 0.272 e. The Bertz CT molecular complexity index is 1330. The summed E-state index contributed by atoms with van der Waals surface area (Å²) in [6.07, 6.45) is 0. The minimum absolute atomic E-state index is 0.155. The molecule has 2 heterocycles. The zero-order valence-corrected chi connectivity index (χ0v) is 16.7. The summed E-state index contributed by atoms with van der Waals surface area (Å²) in [4.78, 5) is 30.1. The third-order valence-corrected chi connectivity index (χ3v) is 5.28. The number of benzene rings is 3. The van der Waals surface area contributed by atoms with E-state index in [1.807, 2.05) is 12.1 Å². The second-order valence-electron chi connectivity index (χ2n) is 7.01. The minimum Gasteiger partial charge on any atom is -0.454 e. The molecule has 30 heavy (non-hydrogen) atoms. The molecule has 1 aromatic heterocycles. The van der Waals surface area contributed by atoms with Crippen molar-refractivity contribution in [2.75, 3.05) is 17.3 Å². The van der Waals surface area contributed by atoms with Crippen molar-refractivity contribution in [1.29, 1.82) is 0 Å². The lowest BCUT2D eigenvalue weighted by molar-refractivity contribution is 0.0990. The number of fused-ring (bicyclic) bond motifs is 3. The summed E-state index contributed by atoms with van der Waals surface area (Å²) in [7, 11) is 1.69. The molecule has 2 amide bonds. The van der Waals surface area contributed by atoms with Crippen molar-refractivity contribution in [1.82, 2.24) is 4.98 Å². The first-order valence-corrected chi connectivity index (χ1v) is 9.66. The van der Waals surface area contributed by atoms with Crippen LogP contribution < -0.4 is 15.0 Å². The Morgan fingerprint density at radius 2 is 1.87 bits per heavy atom. The highest BCUT2D eigenvalue weighted by Crippen LogP contribution is 2.39. The normalized spacial score (nSPS) is 12.7. The van der Waals surface area contributed by atoms with Crippen LogP contribution in [0, 0.1) is 0 Å². The number of para-hydroxylation sites is 1. The number of amides is 2. The third kappa shape index (κ3) is 3.07. The molecule has 0 unspecified atom stereocenters. The van der Waals surface area contributed by atoms with Gasteiger partial charge < -0.3 is 19.9 Å². The summed E-state index contributed by atoms with van der Waals surface area (Å²) in [5.74, 6) is 0.514. The van der Waals surface area contributed by atoms with E-state index in [4.69, 9.17) is 16.3 Å². The fourth-order valence-corrected chi connectivity index (χ4v) is 3.70. The van der Waals surface area contributed by atoms with Gasteiger partial charge in [0.2, 0.25) is 0 Å². The van der Waals surface area contributed by atoms with Crippen LogP contribution in [0.25, 0.3) is 10.9 Å². The molecular weight excluding hydrogens is 402 g/mol. The van der Waals surface area contributed by atoms with Gasteiger partial charge in [0.25, 0.3) is 11.8 Å². The molecule has 0 radical (unpaired) electrons. The van der Waals surface area contributed by atoms with Gasteiger partial charge >= 0.3 is 0 Å². The van der Waals surface area contributed by atoms with Crippen LogP contribution in [0.3, 0.4) is 0 Å². The van der Waals surface area contributed by atoms with Gasteiger partial charge in [-0.25, -0.2) is 0 Å². The number of aromatic nitrogens is 1. The van der Waals surface area contributed by atoms with Crippen molar-refractivity contribution >= 4 is 45.7 Å². The lowest BCUT2D eigenvalue weighted by Gasteiger charge is -2.17. The molecule has 0 saturated heterocycles. The number of anilines is 2. The van der Waals surface area contributed by atoms with Crippen molar-refractivity contribution in [2.45, 2.75) is 0 Å². The number of carbonyl (C=O) groups excluding carboxylic acids is 2. The van der Waals surface area contributed by atoms with Crippen LogP contribution in [0.4, 0.5) is 11.4 Å². The van der Waals surface area contributed by atoms with E-state index in [2.05, 4.69) is 10.3 Å². The van der Waals surface area contributed by atoms with E-state index in [-0.39, 0.29) is 11.8 Å². The molecule has 0 fully saturated rings. The fourth-order valence-electron chi connectivity index (χ4n) is 3.52. The molecule has 5 rings (SSSR count). The zero-order valence-electron chi connectivity index (χ0n) is 15.9. The van der Waals surface area contributed by atoms with Crippen molar-refractivity contribution in [3.8, 4) is 11.5 Å². The Morgan fingerprint density at radius 3 is 2.73 bits per heavy atom. The molecule has 2 N–H and O–H groups in total. The van der Waals surface area contributed by atoms with Crippen LogP contribution in [0.15, 0.2) is 66.7 Å². The van der Waals surface area contributed by atoms with Crippen LogP contribution in [0.5, 0.6) is 11.5 Å². The molecule has 1 aliphatic rings. The number of H-pyrrole nitrogens is 1. The Labute approximate surface area is 177 Å². The predicted molar refractivity (Wildman–Crippen MR) is 117 cm³/mol. The molecule has 4 aromatic rings. The fraction of sp³-hybridized carbons (Fsp3) is 0.0435. The highest BCUT2D eigenvalue weighted by atomic mass is 35.5. The molecule has 0 spiro atoms. The maximum absolute atomic E-state index is 12.7. The summed E-state index contributed by atoms with van der Waals surface area (Å²) < 4.78 is 6.00. The Balaban J connectivity index is 1.46. The first-order valence-electron chi connectivity index (χ1n) is 9.28. The summed E-state index contributed by atoms with van der Waals surface area (Å²) in [5.41, 5.74) is 2.90. The van der Waals surface area contributed by atoms with E-state index in [9.17, 15) is 9.59 Å². The Hall–Kier alpha value is -3.77. The molecule has 0 saturated carbocycles. The number of ether oxygens (including phenoxy) is 1. The van der Waals surface area contributed by atoms with Crippen LogP contribution >= 0.6 is 11.6 Å². The summed E-state index contributed by atoms with van der Waals surface area (Å²) >= 11 is 6.02. The maximum atomic E-state index is 12.7. The summed E-state index contributed by atoms with van der Waals surface area (Å²) in [6, 6.07) is 19.4. The number of carbonyl (C=O) groups is 2. The van der Waals surface area contributed by atoms with Gasteiger partial charge in [-0.3, -0.25) is 9.59 Å². The van der Waals surface area contributed by atoms with Crippen LogP contribution in [-0.4, -0.2) is 23.8 Å². The number of aromatic amines is 1. The third-order valence-electron chi connectivity index (χ3n) is 5.05. The number of hydrogen-bond donors (Lipinski definition) is 2. The number of halogens is 1. The highest BCUT2D eigenvalue weighted by Gasteiger charge is 2.25. The number of nitrogens with zero attached hydrogens (tertiary/aromatic N) is 1. The quantitative estimate of drug-likeness (QED) is 0.455. The van der Waals surface area contributed by atoms with Crippen molar-refractivity contribution < 1.29 is 14.3 Å². The van der Waals surface area contributed by atoms with E-state index in [1.165, 1.54) is 4.90 Å². The SMILES string of the molecule is CN1C(=O)c2ccccc2Oc2cc(NC(=O)c3cc4cc(Cl)ccc4[nH]3)ccc21. The van der Waals surface area contributed by atoms with Gasteiger partial charge in [0.05, 0.1) is 11.3 Å². The van der Waals surface area contributed by atoms with Crippen molar-refractivity contribution in [3.05, 3.63) is 83.0 Å². The molecule has 7 heteroatoms. The monoisotopic (exact) mass is 417 g/mol. The van der Waals surface area contributed by atoms with Gasteiger partial charge in [-0.05, 0) is 48.5 Å². The predicted octanol–water partition coefficient (Wildman–Crippen LogP) is 5.46. The first-order chi connectivity index (χ1) is 14.5. The van der Waals surface area contributed by atoms with Crippen molar-refractivity contribution in [2.24, 2.45) is 0 Å².